The Labute approximate surface area is 166 Å². The lowest BCUT2D eigenvalue weighted by Crippen LogP contribution is -2.35. The van der Waals surface area contributed by atoms with Gasteiger partial charge < -0.3 is 20.7 Å². The van der Waals surface area contributed by atoms with Crippen molar-refractivity contribution in [2.24, 2.45) is 10.7 Å². The second kappa shape index (κ2) is 9.26. The summed E-state index contributed by atoms with van der Waals surface area (Å²) in [5.74, 6) is 1.38. The summed E-state index contributed by atoms with van der Waals surface area (Å²) in [6.45, 7) is 5.26. The lowest BCUT2D eigenvalue weighted by molar-refractivity contribution is -0.119. The first-order chi connectivity index (χ1) is 13.5. The summed E-state index contributed by atoms with van der Waals surface area (Å²) in [5.41, 5.74) is 8.84. The highest BCUT2D eigenvalue weighted by Crippen LogP contribution is 2.21. The van der Waals surface area contributed by atoms with Crippen LogP contribution in [0.1, 0.15) is 38.7 Å². The van der Waals surface area contributed by atoms with Gasteiger partial charge in [-0.3, -0.25) is 4.79 Å². The molecule has 0 unspecified atom stereocenters. The zero-order valence-electron chi connectivity index (χ0n) is 16.5. The molecule has 6 nitrogen and oxygen atoms in total. The number of piperidine rings is 1. The monoisotopic (exact) mass is 380 g/mol. The summed E-state index contributed by atoms with van der Waals surface area (Å²) in [5, 5.41) is 3.08. The number of aliphatic imine (C=N–C) groups is 1. The van der Waals surface area contributed by atoms with Crippen LogP contribution >= 0.6 is 0 Å². The average molecular weight is 380 g/mol. The van der Waals surface area contributed by atoms with E-state index in [2.05, 4.69) is 10.3 Å². The second-order valence-electron chi connectivity index (χ2n) is 7.19. The van der Waals surface area contributed by atoms with Crippen LogP contribution in [0.25, 0.3) is 0 Å². The predicted molar refractivity (Wildman–Crippen MR) is 114 cm³/mol. The number of anilines is 2. The Balaban J connectivity index is 1.55. The van der Waals surface area contributed by atoms with E-state index in [1.165, 1.54) is 0 Å². The summed E-state index contributed by atoms with van der Waals surface area (Å²) >= 11 is 0. The first-order valence-corrected chi connectivity index (χ1v) is 9.74. The quantitative estimate of drug-likeness (QED) is 0.588. The number of nitrogens with one attached hydrogen (secondary N) is 1. The molecule has 0 bridgehead atoms. The molecule has 1 amide bonds. The molecule has 148 valence electrons. The SMILES string of the molecule is CC(C)Oc1ccc(NC(N)=NCc2ccc(N3CCCCC3=O)cc2)cc1. The first-order valence-electron chi connectivity index (χ1n) is 9.74. The van der Waals surface area contributed by atoms with E-state index in [0.29, 0.717) is 18.9 Å². The average Bonchev–Trinajstić information content (AvgIpc) is 2.68. The van der Waals surface area contributed by atoms with Crippen LogP contribution in [0.15, 0.2) is 53.5 Å². The van der Waals surface area contributed by atoms with E-state index >= 15 is 0 Å². The molecule has 6 heteroatoms. The summed E-state index contributed by atoms with van der Waals surface area (Å²) in [4.78, 5) is 18.3. The van der Waals surface area contributed by atoms with Crippen molar-refractivity contribution in [1.29, 1.82) is 0 Å². The molecule has 1 saturated heterocycles. The summed E-state index contributed by atoms with van der Waals surface area (Å²) in [7, 11) is 0. The van der Waals surface area contributed by atoms with E-state index in [1.807, 2.05) is 67.3 Å². The highest BCUT2D eigenvalue weighted by Gasteiger charge is 2.19. The minimum Gasteiger partial charge on any atom is -0.491 e. The highest BCUT2D eigenvalue weighted by atomic mass is 16.5. The maximum atomic E-state index is 12.0. The Morgan fingerprint density at radius 1 is 1.14 bits per heavy atom. The van der Waals surface area contributed by atoms with Crippen LogP contribution in [-0.4, -0.2) is 24.5 Å². The Bertz CT molecular complexity index is 813. The first kappa shape index (κ1) is 19.7. The molecule has 0 aromatic heterocycles. The van der Waals surface area contributed by atoms with E-state index in [1.54, 1.807) is 0 Å². The third kappa shape index (κ3) is 5.49. The van der Waals surface area contributed by atoms with E-state index in [0.717, 1.165) is 42.1 Å². The molecule has 2 aromatic carbocycles. The van der Waals surface area contributed by atoms with Crippen molar-refractivity contribution in [3.8, 4) is 5.75 Å². The number of amides is 1. The van der Waals surface area contributed by atoms with Gasteiger partial charge in [0.25, 0.3) is 0 Å². The molecular weight excluding hydrogens is 352 g/mol. The minimum atomic E-state index is 0.143. The molecule has 0 spiro atoms. The molecule has 3 N–H and O–H groups in total. The minimum absolute atomic E-state index is 0.143. The molecule has 0 atom stereocenters. The molecular formula is C22H28N4O2. The normalized spacial score (nSPS) is 15.0. The number of hydrogen-bond acceptors (Lipinski definition) is 3. The lowest BCUT2D eigenvalue weighted by Gasteiger charge is -2.26. The number of guanidine groups is 1. The molecule has 1 aliphatic rings. The van der Waals surface area contributed by atoms with Gasteiger partial charge in [0.05, 0.1) is 12.6 Å². The van der Waals surface area contributed by atoms with Crippen LogP contribution < -0.4 is 20.7 Å². The number of rotatable bonds is 6. The van der Waals surface area contributed by atoms with Crippen molar-refractivity contribution in [1.82, 2.24) is 0 Å². The molecule has 0 radical (unpaired) electrons. The van der Waals surface area contributed by atoms with E-state index in [-0.39, 0.29) is 12.0 Å². The Morgan fingerprint density at radius 3 is 2.50 bits per heavy atom. The van der Waals surface area contributed by atoms with Crippen LogP contribution in [0, 0.1) is 0 Å². The predicted octanol–water partition coefficient (Wildman–Crippen LogP) is 3.92. The van der Waals surface area contributed by atoms with Gasteiger partial charge in [0.1, 0.15) is 5.75 Å². The maximum absolute atomic E-state index is 12.0. The van der Waals surface area contributed by atoms with Crippen molar-refractivity contribution in [2.75, 3.05) is 16.8 Å². The molecule has 0 saturated carbocycles. The Kier molecular flexibility index (Phi) is 6.53. The van der Waals surface area contributed by atoms with E-state index < -0.39 is 0 Å². The van der Waals surface area contributed by atoms with Crippen LogP contribution in [0.4, 0.5) is 11.4 Å². The summed E-state index contributed by atoms with van der Waals surface area (Å²) < 4.78 is 5.63. The third-order valence-corrected chi connectivity index (χ3v) is 4.50. The molecule has 1 heterocycles. The number of carbonyl (C=O) groups excluding carboxylic acids is 1. The smallest absolute Gasteiger partial charge is 0.226 e. The van der Waals surface area contributed by atoms with Crippen molar-refractivity contribution < 1.29 is 9.53 Å². The fourth-order valence-corrected chi connectivity index (χ4v) is 3.11. The molecule has 2 aromatic rings. The number of benzene rings is 2. The Hall–Kier alpha value is -3.02. The fourth-order valence-electron chi connectivity index (χ4n) is 3.11. The van der Waals surface area contributed by atoms with Crippen molar-refractivity contribution in [3.63, 3.8) is 0 Å². The zero-order chi connectivity index (χ0) is 19.9. The van der Waals surface area contributed by atoms with Crippen molar-refractivity contribution >= 4 is 23.2 Å². The standard InChI is InChI=1S/C22H28N4O2/c1-16(2)28-20-12-8-18(9-13-20)25-22(23)24-15-17-6-10-19(11-7-17)26-14-4-3-5-21(26)27/h6-13,16H,3-5,14-15H2,1-2H3,(H3,23,24,25). The molecule has 3 rings (SSSR count). The zero-order valence-corrected chi connectivity index (χ0v) is 16.5. The lowest BCUT2D eigenvalue weighted by atomic mass is 10.1. The van der Waals surface area contributed by atoms with Gasteiger partial charge in [-0.05, 0) is 68.7 Å². The van der Waals surface area contributed by atoms with Gasteiger partial charge in [0.15, 0.2) is 5.96 Å². The van der Waals surface area contributed by atoms with Crippen molar-refractivity contribution in [3.05, 3.63) is 54.1 Å². The molecule has 1 fully saturated rings. The van der Waals surface area contributed by atoms with Crippen molar-refractivity contribution in [2.45, 2.75) is 45.8 Å². The number of nitrogens with zero attached hydrogens (tertiary/aromatic N) is 2. The van der Waals surface area contributed by atoms with Crippen LogP contribution in [0.3, 0.4) is 0 Å². The number of hydrogen-bond donors (Lipinski definition) is 2. The third-order valence-electron chi connectivity index (χ3n) is 4.50. The van der Waals surface area contributed by atoms with Gasteiger partial charge >= 0.3 is 0 Å². The maximum Gasteiger partial charge on any atom is 0.226 e. The van der Waals surface area contributed by atoms with Crippen LogP contribution in [0.5, 0.6) is 5.75 Å². The topological polar surface area (TPSA) is 80.0 Å². The van der Waals surface area contributed by atoms with Gasteiger partial charge in [0, 0.05) is 24.3 Å². The van der Waals surface area contributed by atoms with Gasteiger partial charge in [-0.25, -0.2) is 4.99 Å². The molecule has 0 aliphatic carbocycles. The summed E-state index contributed by atoms with van der Waals surface area (Å²) in [6.07, 6.45) is 2.83. The van der Waals surface area contributed by atoms with Gasteiger partial charge in [-0.1, -0.05) is 12.1 Å². The number of carbonyl (C=O) groups is 1. The van der Waals surface area contributed by atoms with Gasteiger partial charge in [0.2, 0.25) is 5.91 Å². The number of nitrogens with two attached hydrogens (primary N) is 1. The van der Waals surface area contributed by atoms with Gasteiger partial charge in [-0.2, -0.15) is 0 Å². The second-order valence-corrected chi connectivity index (χ2v) is 7.19. The van der Waals surface area contributed by atoms with Crippen LogP contribution in [0.2, 0.25) is 0 Å². The van der Waals surface area contributed by atoms with E-state index in [9.17, 15) is 4.79 Å². The number of ether oxygens (including phenoxy) is 1. The summed E-state index contributed by atoms with van der Waals surface area (Å²) in [6, 6.07) is 15.6. The largest absolute Gasteiger partial charge is 0.491 e. The Morgan fingerprint density at radius 2 is 1.86 bits per heavy atom. The van der Waals surface area contributed by atoms with Crippen LogP contribution in [-0.2, 0) is 11.3 Å². The fraction of sp³-hybridized carbons (Fsp3) is 0.364. The molecule has 28 heavy (non-hydrogen) atoms. The molecule has 1 aliphatic heterocycles. The highest BCUT2D eigenvalue weighted by molar-refractivity contribution is 5.94. The van der Waals surface area contributed by atoms with Gasteiger partial charge in [-0.15, -0.1) is 0 Å². The van der Waals surface area contributed by atoms with E-state index in [4.69, 9.17) is 10.5 Å².